The van der Waals surface area contributed by atoms with Gasteiger partial charge >= 0.3 is 0 Å². The number of aromatic nitrogens is 1. The number of hydrogen-bond donors (Lipinski definition) is 0. The maximum Gasteiger partial charge on any atom is 0.188 e. The van der Waals surface area contributed by atoms with Gasteiger partial charge < -0.3 is 0 Å². The number of thiazole rings is 1. The molecule has 0 fully saturated rings. The molecule has 0 spiro atoms. The summed E-state index contributed by atoms with van der Waals surface area (Å²) in [6.07, 6.45) is 0. The Balaban J connectivity index is 2.39. The first kappa shape index (κ1) is 8.59. The molecule has 0 aromatic carbocycles. The quantitative estimate of drug-likeness (QED) is 0.711. The number of hydrogen-bond acceptors (Lipinski definition) is 4. The molecular formula is C9H7NOS2. The Morgan fingerprint density at radius 1 is 1.46 bits per heavy atom. The minimum atomic E-state index is 0.0350. The summed E-state index contributed by atoms with van der Waals surface area (Å²) >= 11 is 3.04. The van der Waals surface area contributed by atoms with Crippen molar-refractivity contribution >= 4 is 28.5 Å². The number of carbonyl (C=O) groups excluding carboxylic acids is 1. The van der Waals surface area contributed by atoms with Crippen molar-refractivity contribution in [3.05, 3.63) is 27.9 Å². The molecule has 13 heavy (non-hydrogen) atoms. The van der Waals surface area contributed by atoms with Gasteiger partial charge in [0.25, 0.3) is 0 Å². The van der Waals surface area contributed by atoms with Crippen molar-refractivity contribution in [3.8, 4) is 10.6 Å². The van der Waals surface area contributed by atoms with Crippen molar-refractivity contribution in [3.63, 3.8) is 0 Å². The zero-order valence-corrected chi connectivity index (χ0v) is 8.61. The molecule has 0 aliphatic heterocycles. The van der Waals surface area contributed by atoms with Crippen molar-refractivity contribution in [1.82, 2.24) is 4.98 Å². The van der Waals surface area contributed by atoms with Crippen molar-refractivity contribution in [2.75, 3.05) is 0 Å². The smallest absolute Gasteiger partial charge is 0.188 e. The Bertz CT molecular complexity index is 417. The SMILES string of the molecule is CC(=O)c1nc(-c2cccs2)cs1. The second kappa shape index (κ2) is 3.40. The molecule has 0 bridgehead atoms. The lowest BCUT2D eigenvalue weighted by atomic mass is 10.4. The maximum atomic E-state index is 11.0. The summed E-state index contributed by atoms with van der Waals surface area (Å²) < 4.78 is 0. The van der Waals surface area contributed by atoms with Gasteiger partial charge in [0, 0.05) is 12.3 Å². The lowest BCUT2D eigenvalue weighted by Crippen LogP contribution is -1.89. The Labute approximate surface area is 83.9 Å². The molecule has 2 nitrogen and oxygen atoms in total. The first-order valence-corrected chi connectivity index (χ1v) is 5.53. The molecule has 0 amide bonds. The predicted octanol–water partition coefficient (Wildman–Crippen LogP) is 3.07. The van der Waals surface area contributed by atoms with Gasteiger partial charge in [-0.25, -0.2) is 4.98 Å². The van der Waals surface area contributed by atoms with E-state index >= 15 is 0 Å². The Hall–Kier alpha value is -1.00. The highest BCUT2D eigenvalue weighted by molar-refractivity contribution is 7.15. The number of thiophene rings is 1. The molecule has 2 heterocycles. The van der Waals surface area contributed by atoms with Gasteiger partial charge in [0.2, 0.25) is 0 Å². The minimum Gasteiger partial charge on any atom is -0.292 e. The van der Waals surface area contributed by atoms with E-state index in [0.717, 1.165) is 10.6 Å². The second-order valence-corrected chi connectivity index (χ2v) is 4.38. The lowest BCUT2D eigenvalue weighted by Gasteiger charge is -1.86. The van der Waals surface area contributed by atoms with E-state index in [1.165, 1.54) is 18.3 Å². The van der Waals surface area contributed by atoms with Gasteiger partial charge in [-0.1, -0.05) is 6.07 Å². The molecule has 2 aromatic heterocycles. The third-order valence-electron chi connectivity index (χ3n) is 1.58. The summed E-state index contributed by atoms with van der Waals surface area (Å²) in [6.45, 7) is 1.54. The predicted molar refractivity (Wildman–Crippen MR) is 55.4 cm³/mol. The fraction of sp³-hybridized carbons (Fsp3) is 0.111. The summed E-state index contributed by atoms with van der Waals surface area (Å²) in [5, 5.41) is 4.51. The van der Waals surface area contributed by atoms with E-state index < -0.39 is 0 Å². The van der Waals surface area contributed by atoms with Crippen LogP contribution in [-0.2, 0) is 0 Å². The van der Waals surface area contributed by atoms with Crippen molar-refractivity contribution < 1.29 is 4.79 Å². The van der Waals surface area contributed by atoms with Crippen LogP contribution in [0.1, 0.15) is 16.7 Å². The molecule has 0 unspecified atom stereocenters. The van der Waals surface area contributed by atoms with Gasteiger partial charge in [-0.2, -0.15) is 0 Å². The largest absolute Gasteiger partial charge is 0.292 e. The van der Waals surface area contributed by atoms with Gasteiger partial charge in [-0.05, 0) is 11.4 Å². The first-order chi connectivity index (χ1) is 6.27. The zero-order valence-electron chi connectivity index (χ0n) is 6.98. The van der Waals surface area contributed by atoms with E-state index in [2.05, 4.69) is 4.98 Å². The van der Waals surface area contributed by atoms with Gasteiger partial charge in [-0.3, -0.25) is 4.79 Å². The number of ketones is 1. The molecule has 0 aliphatic carbocycles. The molecule has 2 aromatic rings. The average Bonchev–Trinajstić information content (AvgIpc) is 2.75. The normalized spacial score (nSPS) is 10.2. The number of rotatable bonds is 2. The maximum absolute atomic E-state index is 11.0. The molecule has 0 atom stereocenters. The van der Waals surface area contributed by atoms with Crippen LogP contribution in [0.3, 0.4) is 0 Å². The van der Waals surface area contributed by atoms with Crippen molar-refractivity contribution in [2.45, 2.75) is 6.92 Å². The summed E-state index contributed by atoms with van der Waals surface area (Å²) in [6, 6.07) is 3.98. The highest BCUT2D eigenvalue weighted by atomic mass is 32.1. The zero-order chi connectivity index (χ0) is 9.26. The molecule has 2 rings (SSSR count). The molecule has 0 N–H and O–H groups in total. The van der Waals surface area contributed by atoms with Crippen LogP contribution in [0.2, 0.25) is 0 Å². The third kappa shape index (κ3) is 1.68. The van der Waals surface area contributed by atoms with Crippen LogP contribution in [0, 0.1) is 0 Å². The minimum absolute atomic E-state index is 0.0350. The average molecular weight is 209 g/mol. The highest BCUT2D eigenvalue weighted by Crippen LogP contribution is 2.25. The number of carbonyl (C=O) groups is 1. The van der Waals surface area contributed by atoms with Gasteiger partial charge in [-0.15, -0.1) is 22.7 Å². The molecule has 0 saturated carbocycles. The summed E-state index contributed by atoms with van der Waals surface area (Å²) in [4.78, 5) is 16.3. The van der Waals surface area contributed by atoms with Gasteiger partial charge in [0.1, 0.15) is 0 Å². The second-order valence-electron chi connectivity index (χ2n) is 2.57. The van der Waals surface area contributed by atoms with E-state index in [-0.39, 0.29) is 5.78 Å². The lowest BCUT2D eigenvalue weighted by molar-refractivity contribution is 0.101. The number of Topliss-reactive ketones (excluding diaryl/α,β-unsaturated/α-hetero) is 1. The highest BCUT2D eigenvalue weighted by Gasteiger charge is 2.07. The van der Waals surface area contributed by atoms with Crippen molar-refractivity contribution in [1.29, 1.82) is 0 Å². The van der Waals surface area contributed by atoms with E-state index in [1.54, 1.807) is 11.3 Å². The molecular weight excluding hydrogens is 202 g/mol. The van der Waals surface area contributed by atoms with E-state index in [9.17, 15) is 4.79 Å². The molecule has 0 radical (unpaired) electrons. The monoisotopic (exact) mass is 209 g/mol. The van der Waals surface area contributed by atoms with Crippen LogP contribution in [0.15, 0.2) is 22.9 Å². The fourth-order valence-electron chi connectivity index (χ4n) is 0.973. The molecule has 66 valence electrons. The van der Waals surface area contributed by atoms with E-state index in [4.69, 9.17) is 0 Å². The van der Waals surface area contributed by atoms with Crippen LogP contribution in [0.4, 0.5) is 0 Å². The summed E-state index contributed by atoms with van der Waals surface area (Å²) in [5.74, 6) is 0.0350. The topological polar surface area (TPSA) is 30.0 Å². The fourth-order valence-corrected chi connectivity index (χ4v) is 2.45. The van der Waals surface area contributed by atoms with E-state index in [1.807, 2.05) is 22.9 Å². The number of nitrogens with zero attached hydrogens (tertiary/aromatic N) is 1. The first-order valence-electron chi connectivity index (χ1n) is 3.78. The summed E-state index contributed by atoms with van der Waals surface area (Å²) in [7, 11) is 0. The van der Waals surface area contributed by atoms with Crippen LogP contribution in [0.25, 0.3) is 10.6 Å². The van der Waals surface area contributed by atoms with E-state index in [0.29, 0.717) is 5.01 Å². The summed E-state index contributed by atoms with van der Waals surface area (Å²) in [5.41, 5.74) is 0.908. The van der Waals surface area contributed by atoms with Crippen molar-refractivity contribution in [2.24, 2.45) is 0 Å². The Morgan fingerprint density at radius 2 is 2.31 bits per heavy atom. The van der Waals surface area contributed by atoms with Crippen LogP contribution >= 0.6 is 22.7 Å². The molecule has 4 heteroatoms. The van der Waals surface area contributed by atoms with Crippen LogP contribution in [0.5, 0.6) is 0 Å². The standard InChI is InChI=1S/C9H7NOS2/c1-6(11)9-10-7(5-13-9)8-3-2-4-12-8/h2-5H,1H3. The molecule has 0 saturated heterocycles. The molecule has 0 aliphatic rings. The van der Waals surface area contributed by atoms with Crippen LogP contribution < -0.4 is 0 Å². The Kier molecular flexibility index (Phi) is 2.24. The van der Waals surface area contributed by atoms with Crippen LogP contribution in [-0.4, -0.2) is 10.8 Å². The van der Waals surface area contributed by atoms with Gasteiger partial charge in [0.05, 0.1) is 10.6 Å². The third-order valence-corrected chi connectivity index (χ3v) is 3.41. The van der Waals surface area contributed by atoms with Gasteiger partial charge in [0.15, 0.2) is 10.8 Å². The Morgan fingerprint density at radius 3 is 2.85 bits per heavy atom.